The van der Waals surface area contributed by atoms with Gasteiger partial charge in [-0.3, -0.25) is 4.79 Å². The van der Waals surface area contributed by atoms with E-state index in [1.807, 2.05) is 6.92 Å². The standard InChI is InChI=1S/C8H14O3/c1-5-6(8(10)11)3-2-4-7(5)9/h5-7,9H,2-4H2,1H3,(H,10,11)/t5-,6+,7-/m0/s1. The van der Waals surface area contributed by atoms with Gasteiger partial charge in [0.05, 0.1) is 12.0 Å². The summed E-state index contributed by atoms with van der Waals surface area (Å²) in [5, 5.41) is 18.0. The maximum atomic E-state index is 10.6. The Morgan fingerprint density at radius 3 is 2.55 bits per heavy atom. The van der Waals surface area contributed by atoms with Gasteiger partial charge in [0.25, 0.3) is 0 Å². The molecule has 1 aliphatic carbocycles. The van der Waals surface area contributed by atoms with E-state index < -0.39 is 12.1 Å². The summed E-state index contributed by atoms with van der Waals surface area (Å²) in [4.78, 5) is 10.6. The molecule has 0 aromatic carbocycles. The molecule has 0 spiro atoms. The summed E-state index contributed by atoms with van der Waals surface area (Å²) < 4.78 is 0. The second-order valence-corrected chi connectivity index (χ2v) is 3.30. The first-order valence-corrected chi connectivity index (χ1v) is 4.04. The Hall–Kier alpha value is -0.570. The highest BCUT2D eigenvalue weighted by molar-refractivity contribution is 5.70. The zero-order valence-corrected chi connectivity index (χ0v) is 6.66. The Kier molecular flexibility index (Phi) is 2.49. The normalized spacial score (nSPS) is 38.5. The van der Waals surface area contributed by atoms with Crippen molar-refractivity contribution in [1.82, 2.24) is 0 Å². The van der Waals surface area contributed by atoms with Gasteiger partial charge >= 0.3 is 5.97 Å². The number of carbonyl (C=O) groups is 1. The highest BCUT2D eigenvalue weighted by atomic mass is 16.4. The summed E-state index contributed by atoms with van der Waals surface area (Å²) in [6.45, 7) is 1.81. The molecule has 0 saturated heterocycles. The molecular weight excluding hydrogens is 144 g/mol. The molecule has 3 atom stereocenters. The molecule has 1 saturated carbocycles. The van der Waals surface area contributed by atoms with Gasteiger partial charge in [-0.2, -0.15) is 0 Å². The minimum absolute atomic E-state index is 0.0822. The van der Waals surface area contributed by atoms with Gasteiger partial charge in [-0.05, 0) is 25.2 Å². The van der Waals surface area contributed by atoms with Gasteiger partial charge < -0.3 is 10.2 Å². The lowest BCUT2D eigenvalue weighted by Gasteiger charge is -2.29. The molecule has 1 rings (SSSR count). The quantitative estimate of drug-likeness (QED) is 0.595. The maximum Gasteiger partial charge on any atom is 0.306 e. The van der Waals surface area contributed by atoms with Gasteiger partial charge in [-0.15, -0.1) is 0 Å². The molecule has 0 aliphatic heterocycles. The zero-order chi connectivity index (χ0) is 8.43. The fourth-order valence-electron chi connectivity index (χ4n) is 1.69. The lowest BCUT2D eigenvalue weighted by atomic mass is 9.78. The number of rotatable bonds is 1. The van der Waals surface area contributed by atoms with Crippen LogP contribution >= 0.6 is 0 Å². The van der Waals surface area contributed by atoms with Crippen LogP contribution < -0.4 is 0 Å². The highest BCUT2D eigenvalue weighted by Gasteiger charge is 2.32. The second kappa shape index (κ2) is 3.22. The monoisotopic (exact) mass is 158 g/mol. The maximum absolute atomic E-state index is 10.6. The Morgan fingerprint density at radius 1 is 1.45 bits per heavy atom. The largest absolute Gasteiger partial charge is 0.481 e. The molecular formula is C8H14O3. The SMILES string of the molecule is C[C@@H]1[C@@H](O)CCC[C@H]1C(=O)O. The zero-order valence-electron chi connectivity index (χ0n) is 6.66. The predicted molar refractivity (Wildman–Crippen MR) is 40.1 cm³/mol. The molecule has 0 bridgehead atoms. The second-order valence-electron chi connectivity index (χ2n) is 3.30. The summed E-state index contributed by atoms with van der Waals surface area (Å²) >= 11 is 0. The van der Waals surface area contributed by atoms with Crippen LogP contribution in [-0.2, 0) is 4.79 Å². The van der Waals surface area contributed by atoms with Crippen molar-refractivity contribution in [2.45, 2.75) is 32.3 Å². The van der Waals surface area contributed by atoms with Crippen LogP contribution in [0.1, 0.15) is 26.2 Å². The molecule has 0 heterocycles. The summed E-state index contributed by atoms with van der Waals surface area (Å²) in [6.07, 6.45) is 1.89. The van der Waals surface area contributed by atoms with E-state index in [0.29, 0.717) is 6.42 Å². The van der Waals surface area contributed by atoms with Crippen molar-refractivity contribution in [3.63, 3.8) is 0 Å². The fourth-order valence-corrected chi connectivity index (χ4v) is 1.69. The molecule has 0 aromatic heterocycles. The van der Waals surface area contributed by atoms with Crippen molar-refractivity contribution in [1.29, 1.82) is 0 Å². The predicted octanol–water partition coefficient (Wildman–Crippen LogP) is 0.868. The third-order valence-corrected chi connectivity index (χ3v) is 2.57. The number of hydrogen-bond donors (Lipinski definition) is 2. The van der Waals surface area contributed by atoms with Crippen LogP contribution in [-0.4, -0.2) is 22.3 Å². The molecule has 64 valence electrons. The first-order chi connectivity index (χ1) is 5.13. The summed E-state index contributed by atoms with van der Waals surface area (Å²) in [5.74, 6) is -1.18. The first-order valence-electron chi connectivity index (χ1n) is 4.04. The van der Waals surface area contributed by atoms with Crippen LogP contribution in [0.5, 0.6) is 0 Å². The number of aliphatic carboxylic acids is 1. The molecule has 0 amide bonds. The number of aliphatic hydroxyl groups excluding tert-OH is 1. The molecule has 0 radical (unpaired) electrons. The van der Waals surface area contributed by atoms with Crippen molar-refractivity contribution in [2.24, 2.45) is 11.8 Å². The molecule has 2 N–H and O–H groups in total. The van der Waals surface area contributed by atoms with E-state index in [0.717, 1.165) is 12.8 Å². The molecule has 1 aliphatic rings. The van der Waals surface area contributed by atoms with Gasteiger partial charge in [0, 0.05) is 0 Å². The van der Waals surface area contributed by atoms with Crippen LogP contribution in [0.15, 0.2) is 0 Å². The fraction of sp³-hybridized carbons (Fsp3) is 0.875. The van der Waals surface area contributed by atoms with Gasteiger partial charge in [0.15, 0.2) is 0 Å². The van der Waals surface area contributed by atoms with Crippen molar-refractivity contribution in [3.8, 4) is 0 Å². The van der Waals surface area contributed by atoms with Crippen molar-refractivity contribution in [2.75, 3.05) is 0 Å². The lowest BCUT2D eigenvalue weighted by molar-refractivity contribution is -0.147. The molecule has 3 heteroatoms. The van der Waals surface area contributed by atoms with E-state index in [-0.39, 0.29) is 11.8 Å². The van der Waals surface area contributed by atoms with E-state index in [2.05, 4.69) is 0 Å². The van der Waals surface area contributed by atoms with Crippen LogP contribution in [0.25, 0.3) is 0 Å². The van der Waals surface area contributed by atoms with Gasteiger partial charge in [0.2, 0.25) is 0 Å². The minimum Gasteiger partial charge on any atom is -0.481 e. The average Bonchev–Trinajstić information content (AvgIpc) is 1.94. The Labute approximate surface area is 66.0 Å². The molecule has 3 nitrogen and oxygen atoms in total. The van der Waals surface area contributed by atoms with Gasteiger partial charge in [0.1, 0.15) is 0 Å². The first kappa shape index (κ1) is 8.53. The Balaban J connectivity index is 2.58. The van der Waals surface area contributed by atoms with E-state index in [9.17, 15) is 9.90 Å². The van der Waals surface area contributed by atoms with Crippen LogP contribution in [0, 0.1) is 11.8 Å². The van der Waals surface area contributed by atoms with Crippen molar-refractivity contribution >= 4 is 5.97 Å². The number of aliphatic hydroxyl groups is 1. The number of carboxylic acids is 1. The smallest absolute Gasteiger partial charge is 0.306 e. The molecule has 0 unspecified atom stereocenters. The van der Waals surface area contributed by atoms with Crippen molar-refractivity contribution < 1.29 is 15.0 Å². The van der Waals surface area contributed by atoms with Gasteiger partial charge in [-0.1, -0.05) is 6.92 Å². The summed E-state index contributed by atoms with van der Waals surface area (Å²) in [5.41, 5.74) is 0. The van der Waals surface area contributed by atoms with Crippen LogP contribution in [0.2, 0.25) is 0 Å². The van der Waals surface area contributed by atoms with Crippen LogP contribution in [0.3, 0.4) is 0 Å². The third kappa shape index (κ3) is 1.71. The third-order valence-electron chi connectivity index (χ3n) is 2.57. The van der Waals surface area contributed by atoms with Crippen LogP contribution in [0.4, 0.5) is 0 Å². The Morgan fingerprint density at radius 2 is 2.09 bits per heavy atom. The average molecular weight is 158 g/mol. The van der Waals surface area contributed by atoms with Crippen molar-refractivity contribution in [3.05, 3.63) is 0 Å². The highest BCUT2D eigenvalue weighted by Crippen LogP contribution is 2.29. The van der Waals surface area contributed by atoms with Gasteiger partial charge in [-0.25, -0.2) is 0 Å². The summed E-state index contributed by atoms with van der Waals surface area (Å²) in [7, 11) is 0. The number of hydrogen-bond acceptors (Lipinski definition) is 2. The topological polar surface area (TPSA) is 57.5 Å². The lowest BCUT2D eigenvalue weighted by Crippen LogP contribution is -2.34. The Bertz CT molecular complexity index is 155. The summed E-state index contributed by atoms with van der Waals surface area (Å²) in [6, 6.07) is 0. The van der Waals surface area contributed by atoms with E-state index in [1.165, 1.54) is 0 Å². The number of carboxylic acid groups (broad SMARTS) is 1. The van der Waals surface area contributed by atoms with E-state index in [4.69, 9.17) is 5.11 Å². The molecule has 11 heavy (non-hydrogen) atoms. The molecule has 0 aromatic rings. The minimum atomic E-state index is -0.767. The van der Waals surface area contributed by atoms with E-state index in [1.54, 1.807) is 0 Å². The molecule has 1 fully saturated rings. The van der Waals surface area contributed by atoms with E-state index >= 15 is 0 Å².